The summed E-state index contributed by atoms with van der Waals surface area (Å²) in [5.74, 6) is 0.869. The summed E-state index contributed by atoms with van der Waals surface area (Å²) in [6.45, 7) is 8.83. The van der Waals surface area contributed by atoms with E-state index in [9.17, 15) is 5.11 Å². The highest BCUT2D eigenvalue weighted by molar-refractivity contribution is 5.31. The lowest BCUT2D eigenvalue weighted by Gasteiger charge is -2.30. The van der Waals surface area contributed by atoms with Gasteiger partial charge in [0, 0.05) is 5.56 Å². The molecule has 1 fully saturated rings. The van der Waals surface area contributed by atoms with E-state index in [0.29, 0.717) is 6.61 Å². The Bertz CT molecular complexity index is 639. The molecule has 0 spiro atoms. The van der Waals surface area contributed by atoms with Crippen LogP contribution in [0.4, 0.5) is 0 Å². The zero-order chi connectivity index (χ0) is 17.5. The van der Waals surface area contributed by atoms with Crippen LogP contribution in [0.2, 0.25) is 0 Å². The summed E-state index contributed by atoms with van der Waals surface area (Å²) in [6.07, 6.45) is -0.412. The Morgan fingerprint density at radius 2 is 1.56 bits per heavy atom. The molecule has 0 aliphatic carbocycles. The van der Waals surface area contributed by atoms with Crippen LogP contribution in [-0.4, -0.2) is 50.5 Å². The Morgan fingerprint density at radius 3 is 2.28 bits per heavy atom. The molecule has 4 heteroatoms. The highest BCUT2D eigenvalue weighted by atomic mass is 16.5. The number of hydrogen-bond acceptors (Lipinski definition) is 2. The summed E-state index contributed by atoms with van der Waals surface area (Å²) < 4.78 is 5.77. The van der Waals surface area contributed by atoms with Crippen molar-refractivity contribution in [2.75, 3.05) is 39.3 Å². The minimum atomic E-state index is -0.412. The third kappa shape index (κ3) is 5.56. The number of quaternary nitrogens is 2. The third-order valence-corrected chi connectivity index (χ3v) is 5.01. The van der Waals surface area contributed by atoms with Gasteiger partial charge in [-0.05, 0) is 18.6 Å². The molecule has 1 aliphatic heterocycles. The predicted molar refractivity (Wildman–Crippen MR) is 99.1 cm³/mol. The molecule has 0 amide bonds. The maximum Gasteiger partial charge on any atom is 0.137 e. The zero-order valence-corrected chi connectivity index (χ0v) is 15.1. The molecular formula is C21H30N2O2+2. The van der Waals surface area contributed by atoms with Gasteiger partial charge in [0.2, 0.25) is 0 Å². The summed E-state index contributed by atoms with van der Waals surface area (Å²) in [7, 11) is 0. The zero-order valence-electron chi connectivity index (χ0n) is 15.1. The Hall–Kier alpha value is -1.88. The summed E-state index contributed by atoms with van der Waals surface area (Å²) in [5.41, 5.74) is 2.52. The van der Waals surface area contributed by atoms with Crippen LogP contribution in [-0.2, 0) is 6.54 Å². The molecule has 1 saturated heterocycles. The molecule has 1 atom stereocenters. The normalized spacial score (nSPS) is 21.7. The van der Waals surface area contributed by atoms with E-state index >= 15 is 0 Å². The SMILES string of the molecule is Cc1ccccc1OC[C@@H](O)C[NH+]1CC[NH+](Cc2ccccc2)CC1. The van der Waals surface area contributed by atoms with Gasteiger partial charge in [0.15, 0.2) is 0 Å². The number of rotatable bonds is 7. The van der Waals surface area contributed by atoms with Crippen molar-refractivity contribution >= 4 is 0 Å². The number of aliphatic hydroxyl groups excluding tert-OH is 1. The lowest BCUT2D eigenvalue weighted by molar-refractivity contribution is -1.02. The first-order chi connectivity index (χ1) is 12.2. The first-order valence-electron chi connectivity index (χ1n) is 9.28. The standard InChI is InChI=1S/C21H28N2O2/c1-18-7-5-6-10-21(18)25-17-20(24)16-23-13-11-22(12-14-23)15-19-8-3-2-4-9-19/h2-10,20,24H,11-17H2,1H3/p+2/t20-/m0/s1. The van der Waals surface area contributed by atoms with Gasteiger partial charge in [-0.2, -0.15) is 0 Å². The number of ether oxygens (including phenoxy) is 1. The molecule has 3 rings (SSSR count). The fraction of sp³-hybridized carbons (Fsp3) is 0.429. The summed E-state index contributed by atoms with van der Waals surface area (Å²) in [4.78, 5) is 3.12. The molecular weight excluding hydrogens is 312 g/mol. The maximum atomic E-state index is 10.3. The van der Waals surface area contributed by atoms with Gasteiger partial charge in [-0.1, -0.05) is 48.5 Å². The lowest BCUT2D eigenvalue weighted by Crippen LogP contribution is -3.28. The maximum absolute atomic E-state index is 10.3. The van der Waals surface area contributed by atoms with Gasteiger partial charge in [0.25, 0.3) is 0 Å². The molecule has 4 nitrogen and oxygen atoms in total. The van der Waals surface area contributed by atoms with E-state index in [-0.39, 0.29) is 0 Å². The van der Waals surface area contributed by atoms with Crippen molar-refractivity contribution in [2.45, 2.75) is 19.6 Å². The Kier molecular flexibility index (Phi) is 6.45. The van der Waals surface area contributed by atoms with Gasteiger partial charge in [-0.25, -0.2) is 0 Å². The Morgan fingerprint density at radius 1 is 0.920 bits per heavy atom. The molecule has 25 heavy (non-hydrogen) atoms. The van der Waals surface area contributed by atoms with Crippen LogP contribution in [0.25, 0.3) is 0 Å². The summed E-state index contributed by atoms with van der Waals surface area (Å²) >= 11 is 0. The highest BCUT2D eigenvalue weighted by Crippen LogP contribution is 2.15. The molecule has 1 heterocycles. The average molecular weight is 342 g/mol. The van der Waals surface area contributed by atoms with Crippen molar-refractivity contribution in [2.24, 2.45) is 0 Å². The van der Waals surface area contributed by atoms with Crippen molar-refractivity contribution in [3.8, 4) is 5.75 Å². The first kappa shape index (κ1) is 17.9. The summed E-state index contributed by atoms with van der Waals surface area (Å²) in [5, 5.41) is 10.3. The molecule has 0 unspecified atom stereocenters. The van der Waals surface area contributed by atoms with Crippen molar-refractivity contribution in [1.29, 1.82) is 0 Å². The van der Waals surface area contributed by atoms with E-state index in [1.807, 2.05) is 31.2 Å². The molecule has 134 valence electrons. The summed E-state index contributed by atoms with van der Waals surface area (Å²) in [6, 6.07) is 18.7. The van der Waals surface area contributed by atoms with Gasteiger partial charge < -0.3 is 19.6 Å². The van der Waals surface area contributed by atoms with Crippen LogP contribution in [0.1, 0.15) is 11.1 Å². The van der Waals surface area contributed by atoms with Crippen LogP contribution in [0, 0.1) is 6.92 Å². The molecule has 0 bridgehead atoms. The van der Waals surface area contributed by atoms with Crippen molar-refractivity contribution < 1.29 is 19.6 Å². The van der Waals surface area contributed by atoms with Gasteiger partial charge >= 0.3 is 0 Å². The third-order valence-electron chi connectivity index (χ3n) is 5.01. The van der Waals surface area contributed by atoms with Crippen LogP contribution < -0.4 is 14.5 Å². The number of piperazine rings is 1. The fourth-order valence-electron chi connectivity index (χ4n) is 3.52. The van der Waals surface area contributed by atoms with Crippen molar-refractivity contribution in [3.05, 3.63) is 65.7 Å². The van der Waals surface area contributed by atoms with Crippen LogP contribution in [0.5, 0.6) is 5.75 Å². The molecule has 2 aromatic carbocycles. The lowest BCUT2D eigenvalue weighted by atomic mass is 10.2. The second-order valence-corrected chi connectivity index (χ2v) is 7.10. The predicted octanol–water partition coefficient (Wildman–Crippen LogP) is -0.282. The van der Waals surface area contributed by atoms with E-state index in [4.69, 9.17) is 4.74 Å². The quantitative estimate of drug-likeness (QED) is 0.648. The highest BCUT2D eigenvalue weighted by Gasteiger charge is 2.25. The van der Waals surface area contributed by atoms with E-state index in [1.54, 1.807) is 4.90 Å². The van der Waals surface area contributed by atoms with Crippen LogP contribution in [0.15, 0.2) is 54.6 Å². The minimum Gasteiger partial charge on any atom is -0.490 e. The topological polar surface area (TPSA) is 38.3 Å². The average Bonchev–Trinajstić information content (AvgIpc) is 2.64. The van der Waals surface area contributed by atoms with Crippen molar-refractivity contribution in [3.63, 3.8) is 0 Å². The number of aliphatic hydroxyl groups is 1. The minimum absolute atomic E-state index is 0.370. The van der Waals surface area contributed by atoms with Gasteiger partial charge in [0.05, 0.1) is 0 Å². The monoisotopic (exact) mass is 342 g/mol. The van der Waals surface area contributed by atoms with E-state index in [0.717, 1.165) is 50.6 Å². The van der Waals surface area contributed by atoms with E-state index in [2.05, 4.69) is 30.3 Å². The van der Waals surface area contributed by atoms with Crippen LogP contribution in [0.3, 0.4) is 0 Å². The molecule has 0 radical (unpaired) electrons. The van der Waals surface area contributed by atoms with Gasteiger partial charge in [-0.15, -0.1) is 0 Å². The second-order valence-electron chi connectivity index (χ2n) is 7.10. The largest absolute Gasteiger partial charge is 0.490 e. The van der Waals surface area contributed by atoms with E-state index in [1.165, 1.54) is 10.5 Å². The smallest absolute Gasteiger partial charge is 0.137 e. The number of aryl methyl sites for hydroxylation is 1. The van der Waals surface area contributed by atoms with Crippen LogP contribution >= 0.6 is 0 Å². The molecule has 3 N–H and O–H groups in total. The molecule has 0 aromatic heterocycles. The Balaban J connectivity index is 1.37. The van der Waals surface area contributed by atoms with Gasteiger partial charge in [-0.3, -0.25) is 0 Å². The number of hydrogen-bond donors (Lipinski definition) is 3. The second kappa shape index (κ2) is 8.99. The fourth-order valence-corrected chi connectivity index (χ4v) is 3.52. The molecule has 2 aromatic rings. The molecule has 1 aliphatic rings. The number of benzene rings is 2. The van der Waals surface area contributed by atoms with Crippen molar-refractivity contribution in [1.82, 2.24) is 0 Å². The van der Waals surface area contributed by atoms with Gasteiger partial charge in [0.1, 0.15) is 57.7 Å². The number of nitrogens with one attached hydrogen (secondary N) is 2. The molecule has 0 saturated carbocycles. The first-order valence-corrected chi connectivity index (χ1v) is 9.28. The number of para-hydroxylation sites is 1. The van der Waals surface area contributed by atoms with E-state index < -0.39 is 6.10 Å². The Labute approximate surface area is 150 Å².